The van der Waals surface area contributed by atoms with Crippen molar-refractivity contribution >= 4 is 11.6 Å². The molecule has 1 fully saturated rings. The number of nitrogens with zero attached hydrogens (tertiary/aromatic N) is 3. The molecule has 0 radical (unpaired) electrons. The minimum Gasteiger partial charge on any atom is -0.323 e. The summed E-state index contributed by atoms with van der Waals surface area (Å²) in [6, 6.07) is 18.6. The van der Waals surface area contributed by atoms with Gasteiger partial charge in [0.15, 0.2) is 0 Å². The Morgan fingerprint density at radius 3 is 2.83 bits per heavy atom. The monoisotopic (exact) mass is 319 g/mol. The maximum Gasteiger partial charge on any atom is 0.246 e. The van der Waals surface area contributed by atoms with Gasteiger partial charge in [0.2, 0.25) is 5.95 Å². The van der Waals surface area contributed by atoms with Crippen molar-refractivity contribution < 1.29 is 0 Å². The number of benzene rings is 2. The van der Waals surface area contributed by atoms with Gasteiger partial charge in [-0.15, -0.1) is 5.10 Å². The SMILES string of the molecule is c1ccc(-n2cnc(Nc3cccc(C4CCCNC4)c3)n2)cc1. The first-order valence-corrected chi connectivity index (χ1v) is 8.43. The van der Waals surface area contributed by atoms with Gasteiger partial charge in [-0.2, -0.15) is 4.98 Å². The molecule has 1 unspecified atom stereocenters. The predicted octanol–water partition coefficient (Wildman–Crippen LogP) is 3.48. The summed E-state index contributed by atoms with van der Waals surface area (Å²) >= 11 is 0. The van der Waals surface area contributed by atoms with E-state index in [1.165, 1.54) is 18.4 Å². The fourth-order valence-electron chi connectivity index (χ4n) is 3.16. The third kappa shape index (κ3) is 3.31. The molecule has 5 heteroatoms. The zero-order valence-corrected chi connectivity index (χ0v) is 13.5. The Hall–Kier alpha value is -2.66. The zero-order valence-electron chi connectivity index (χ0n) is 13.5. The average molecular weight is 319 g/mol. The molecule has 0 saturated carbocycles. The molecular weight excluding hydrogens is 298 g/mol. The highest BCUT2D eigenvalue weighted by Crippen LogP contribution is 2.26. The summed E-state index contributed by atoms with van der Waals surface area (Å²) in [6.45, 7) is 2.19. The standard InChI is InChI=1S/C19H21N5/c1-2-9-18(10-3-1)24-14-21-19(23-24)22-17-8-4-6-15(12-17)16-7-5-11-20-13-16/h1-4,6,8-10,12,14,16,20H,5,7,11,13H2,(H,22,23). The Labute approximate surface area is 141 Å². The van der Waals surface area contributed by atoms with Crippen LogP contribution in [0.15, 0.2) is 60.9 Å². The molecule has 0 amide bonds. The molecule has 2 aromatic carbocycles. The molecule has 4 rings (SSSR count). The molecule has 1 atom stereocenters. The van der Waals surface area contributed by atoms with Crippen LogP contribution in [-0.4, -0.2) is 27.9 Å². The number of anilines is 2. The van der Waals surface area contributed by atoms with Crippen LogP contribution in [0.3, 0.4) is 0 Å². The lowest BCUT2D eigenvalue weighted by Gasteiger charge is -2.23. The predicted molar refractivity (Wildman–Crippen MR) is 95.9 cm³/mol. The Balaban J connectivity index is 1.50. The van der Waals surface area contributed by atoms with Crippen LogP contribution in [0.5, 0.6) is 0 Å². The highest BCUT2D eigenvalue weighted by Gasteiger charge is 2.15. The van der Waals surface area contributed by atoms with E-state index in [1.54, 1.807) is 11.0 Å². The fourth-order valence-corrected chi connectivity index (χ4v) is 3.16. The van der Waals surface area contributed by atoms with E-state index in [2.05, 4.69) is 45.0 Å². The van der Waals surface area contributed by atoms with Gasteiger partial charge in [0, 0.05) is 12.2 Å². The van der Waals surface area contributed by atoms with Crippen LogP contribution in [-0.2, 0) is 0 Å². The molecule has 0 aliphatic carbocycles. The highest BCUT2D eigenvalue weighted by molar-refractivity contribution is 5.54. The number of piperidine rings is 1. The van der Waals surface area contributed by atoms with Crippen molar-refractivity contribution in [1.29, 1.82) is 0 Å². The summed E-state index contributed by atoms with van der Waals surface area (Å²) in [5, 5.41) is 11.3. The first-order valence-electron chi connectivity index (χ1n) is 8.43. The van der Waals surface area contributed by atoms with Gasteiger partial charge in [-0.25, -0.2) is 4.68 Å². The zero-order chi connectivity index (χ0) is 16.2. The van der Waals surface area contributed by atoms with Crippen LogP contribution in [0, 0.1) is 0 Å². The van der Waals surface area contributed by atoms with Gasteiger partial charge in [0.05, 0.1) is 5.69 Å². The van der Waals surface area contributed by atoms with E-state index in [0.29, 0.717) is 11.9 Å². The summed E-state index contributed by atoms with van der Waals surface area (Å²) in [5.41, 5.74) is 3.40. The normalized spacial score (nSPS) is 17.6. The van der Waals surface area contributed by atoms with E-state index in [0.717, 1.165) is 24.5 Å². The van der Waals surface area contributed by atoms with E-state index in [9.17, 15) is 0 Å². The number of hydrogen-bond acceptors (Lipinski definition) is 4. The third-order valence-corrected chi connectivity index (χ3v) is 4.42. The van der Waals surface area contributed by atoms with Crippen LogP contribution in [0.2, 0.25) is 0 Å². The quantitative estimate of drug-likeness (QED) is 0.773. The molecular formula is C19H21N5. The number of rotatable bonds is 4. The Bertz CT molecular complexity index is 790. The van der Waals surface area contributed by atoms with E-state index in [-0.39, 0.29) is 0 Å². The van der Waals surface area contributed by atoms with Gasteiger partial charge in [-0.1, -0.05) is 30.3 Å². The minimum atomic E-state index is 0.593. The molecule has 1 aliphatic heterocycles. The molecule has 2 heterocycles. The van der Waals surface area contributed by atoms with E-state index >= 15 is 0 Å². The molecule has 2 N–H and O–H groups in total. The Morgan fingerprint density at radius 1 is 1.08 bits per heavy atom. The number of aromatic nitrogens is 3. The number of hydrogen-bond donors (Lipinski definition) is 2. The second kappa shape index (κ2) is 6.84. The second-order valence-electron chi connectivity index (χ2n) is 6.14. The van der Waals surface area contributed by atoms with Crippen molar-refractivity contribution in [3.05, 3.63) is 66.5 Å². The summed E-state index contributed by atoms with van der Waals surface area (Å²) in [6.07, 6.45) is 4.22. The summed E-state index contributed by atoms with van der Waals surface area (Å²) in [7, 11) is 0. The van der Waals surface area contributed by atoms with Crippen molar-refractivity contribution in [2.75, 3.05) is 18.4 Å². The first kappa shape index (κ1) is 14.9. The van der Waals surface area contributed by atoms with Gasteiger partial charge in [0.25, 0.3) is 0 Å². The van der Waals surface area contributed by atoms with Crippen molar-refractivity contribution in [3.8, 4) is 5.69 Å². The number of nitrogens with one attached hydrogen (secondary N) is 2. The molecule has 0 bridgehead atoms. The molecule has 122 valence electrons. The van der Waals surface area contributed by atoms with Crippen molar-refractivity contribution in [2.24, 2.45) is 0 Å². The van der Waals surface area contributed by atoms with Crippen molar-refractivity contribution in [2.45, 2.75) is 18.8 Å². The van der Waals surface area contributed by atoms with Gasteiger partial charge in [0.1, 0.15) is 6.33 Å². The van der Waals surface area contributed by atoms with Crippen LogP contribution >= 0.6 is 0 Å². The van der Waals surface area contributed by atoms with Gasteiger partial charge in [-0.05, 0) is 55.1 Å². The molecule has 5 nitrogen and oxygen atoms in total. The number of para-hydroxylation sites is 1. The highest BCUT2D eigenvalue weighted by atomic mass is 15.4. The third-order valence-electron chi connectivity index (χ3n) is 4.42. The molecule has 0 spiro atoms. The van der Waals surface area contributed by atoms with Gasteiger partial charge < -0.3 is 10.6 Å². The maximum absolute atomic E-state index is 4.50. The van der Waals surface area contributed by atoms with Gasteiger partial charge in [-0.3, -0.25) is 0 Å². The van der Waals surface area contributed by atoms with Crippen LogP contribution in [0.4, 0.5) is 11.6 Å². The van der Waals surface area contributed by atoms with E-state index < -0.39 is 0 Å². The van der Waals surface area contributed by atoms with E-state index in [4.69, 9.17) is 0 Å². The lowest BCUT2D eigenvalue weighted by atomic mass is 9.91. The maximum atomic E-state index is 4.50. The van der Waals surface area contributed by atoms with Gasteiger partial charge >= 0.3 is 0 Å². The minimum absolute atomic E-state index is 0.593. The second-order valence-corrected chi connectivity index (χ2v) is 6.14. The van der Waals surface area contributed by atoms with Crippen LogP contribution < -0.4 is 10.6 Å². The molecule has 1 aromatic heterocycles. The lowest BCUT2D eigenvalue weighted by molar-refractivity contribution is 0.462. The Morgan fingerprint density at radius 2 is 2.00 bits per heavy atom. The first-order chi connectivity index (χ1) is 11.9. The van der Waals surface area contributed by atoms with Crippen LogP contribution in [0.25, 0.3) is 5.69 Å². The van der Waals surface area contributed by atoms with Crippen molar-refractivity contribution in [1.82, 2.24) is 20.1 Å². The van der Waals surface area contributed by atoms with Crippen molar-refractivity contribution in [3.63, 3.8) is 0 Å². The fraction of sp³-hybridized carbons (Fsp3) is 0.263. The smallest absolute Gasteiger partial charge is 0.246 e. The lowest BCUT2D eigenvalue weighted by Crippen LogP contribution is -2.28. The largest absolute Gasteiger partial charge is 0.323 e. The molecule has 1 saturated heterocycles. The topological polar surface area (TPSA) is 54.8 Å². The summed E-state index contributed by atoms with van der Waals surface area (Å²) in [5.74, 6) is 1.20. The molecule has 1 aliphatic rings. The summed E-state index contributed by atoms with van der Waals surface area (Å²) in [4.78, 5) is 4.36. The van der Waals surface area contributed by atoms with Crippen LogP contribution in [0.1, 0.15) is 24.3 Å². The molecule has 3 aromatic rings. The van der Waals surface area contributed by atoms with E-state index in [1.807, 2.05) is 30.3 Å². The Kier molecular flexibility index (Phi) is 4.25. The average Bonchev–Trinajstić information content (AvgIpc) is 3.12. The summed E-state index contributed by atoms with van der Waals surface area (Å²) < 4.78 is 1.78. The molecule has 24 heavy (non-hydrogen) atoms.